The fraction of sp³-hybridized carbons (Fsp3) is 0.125. The van der Waals surface area contributed by atoms with E-state index in [1.54, 1.807) is 0 Å². The van der Waals surface area contributed by atoms with Gasteiger partial charge in [-0.15, -0.1) is 0 Å². The molecule has 0 radical (unpaired) electrons. The standard InChI is InChI=1S/C16H12ClF3N2O3/c17-12-7-11(5-6-13(12)25-16(19)20)22-14(23)8-21-15(24)9-1-3-10(18)4-2-9/h1-7,16H,8H2,(H,21,24)(H,22,23). The van der Waals surface area contributed by atoms with Crippen molar-refractivity contribution in [3.8, 4) is 5.75 Å². The molecule has 0 atom stereocenters. The van der Waals surface area contributed by atoms with E-state index in [-0.39, 0.29) is 28.6 Å². The minimum absolute atomic E-state index is 0.103. The van der Waals surface area contributed by atoms with Gasteiger partial charge in [0, 0.05) is 11.3 Å². The topological polar surface area (TPSA) is 67.4 Å². The van der Waals surface area contributed by atoms with Crippen LogP contribution in [0.15, 0.2) is 42.5 Å². The first kappa shape index (κ1) is 18.6. The third kappa shape index (κ3) is 5.68. The summed E-state index contributed by atoms with van der Waals surface area (Å²) in [7, 11) is 0. The summed E-state index contributed by atoms with van der Waals surface area (Å²) in [5, 5.41) is 4.70. The summed E-state index contributed by atoms with van der Waals surface area (Å²) in [5.74, 6) is -1.81. The van der Waals surface area contributed by atoms with Crippen molar-refractivity contribution < 1.29 is 27.5 Å². The Labute approximate surface area is 145 Å². The van der Waals surface area contributed by atoms with E-state index in [0.29, 0.717) is 0 Å². The van der Waals surface area contributed by atoms with Crippen LogP contribution in [0.3, 0.4) is 0 Å². The lowest BCUT2D eigenvalue weighted by Crippen LogP contribution is -2.32. The van der Waals surface area contributed by atoms with Gasteiger partial charge in [0.2, 0.25) is 5.91 Å². The molecular formula is C16H12ClF3N2O3. The molecule has 0 aliphatic heterocycles. The Morgan fingerprint density at radius 1 is 1.12 bits per heavy atom. The van der Waals surface area contributed by atoms with Crippen LogP contribution in [0.5, 0.6) is 5.75 Å². The number of carbonyl (C=O) groups excluding carboxylic acids is 2. The normalized spacial score (nSPS) is 10.4. The van der Waals surface area contributed by atoms with E-state index in [1.165, 1.54) is 30.3 Å². The van der Waals surface area contributed by atoms with Gasteiger partial charge in [0.25, 0.3) is 5.91 Å². The molecule has 0 fully saturated rings. The Bertz CT molecular complexity index is 770. The minimum Gasteiger partial charge on any atom is -0.433 e. The Hall–Kier alpha value is -2.74. The van der Waals surface area contributed by atoms with Gasteiger partial charge in [0.1, 0.15) is 11.6 Å². The van der Waals surface area contributed by atoms with E-state index in [1.807, 2.05) is 0 Å². The van der Waals surface area contributed by atoms with Gasteiger partial charge in [-0.1, -0.05) is 11.6 Å². The summed E-state index contributed by atoms with van der Waals surface area (Å²) in [6, 6.07) is 8.55. The Balaban J connectivity index is 1.88. The van der Waals surface area contributed by atoms with Gasteiger partial charge in [-0.3, -0.25) is 9.59 Å². The summed E-state index contributed by atoms with van der Waals surface area (Å²) in [5.41, 5.74) is 0.443. The van der Waals surface area contributed by atoms with E-state index in [2.05, 4.69) is 15.4 Å². The SMILES string of the molecule is O=C(CNC(=O)c1ccc(F)cc1)Nc1ccc(OC(F)F)c(Cl)c1. The van der Waals surface area contributed by atoms with Crippen molar-refractivity contribution in [2.75, 3.05) is 11.9 Å². The highest BCUT2D eigenvalue weighted by Gasteiger charge is 2.11. The molecule has 2 amide bonds. The predicted octanol–water partition coefficient (Wildman–Crippen LogP) is 3.45. The van der Waals surface area contributed by atoms with Gasteiger partial charge in [-0.2, -0.15) is 8.78 Å². The average molecular weight is 373 g/mol. The Kier molecular flexibility index (Phi) is 6.24. The molecule has 0 aliphatic rings. The molecule has 2 aromatic rings. The smallest absolute Gasteiger partial charge is 0.387 e. The van der Waals surface area contributed by atoms with E-state index < -0.39 is 24.2 Å². The number of amides is 2. The maximum Gasteiger partial charge on any atom is 0.387 e. The highest BCUT2D eigenvalue weighted by atomic mass is 35.5. The van der Waals surface area contributed by atoms with Crippen LogP contribution in [-0.2, 0) is 4.79 Å². The van der Waals surface area contributed by atoms with Gasteiger partial charge < -0.3 is 15.4 Å². The molecule has 2 aromatic carbocycles. The van der Waals surface area contributed by atoms with Crippen molar-refractivity contribution in [1.82, 2.24) is 5.32 Å². The van der Waals surface area contributed by atoms with Crippen LogP contribution < -0.4 is 15.4 Å². The second-order valence-electron chi connectivity index (χ2n) is 4.76. The summed E-state index contributed by atoms with van der Waals surface area (Å²) < 4.78 is 41.2. The summed E-state index contributed by atoms with van der Waals surface area (Å²) in [6.07, 6.45) is 0. The number of benzene rings is 2. The minimum atomic E-state index is -3.01. The van der Waals surface area contributed by atoms with Crippen molar-refractivity contribution >= 4 is 29.1 Å². The van der Waals surface area contributed by atoms with Crippen LogP contribution in [0.1, 0.15) is 10.4 Å². The lowest BCUT2D eigenvalue weighted by atomic mass is 10.2. The van der Waals surface area contributed by atoms with Crippen LogP contribution in [0, 0.1) is 5.82 Å². The number of ether oxygens (including phenoxy) is 1. The van der Waals surface area contributed by atoms with E-state index in [9.17, 15) is 22.8 Å². The fourth-order valence-corrected chi connectivity index (χ4v) is 2.06. The maximum absolute atomic E-state index is 12.8. The molecule has 0 aromatic heterocycles. The number of rotatable bonds is 6. The molecule has 25 heavy (non-hydrogen) atoms. The summed E-state index contributed by atoms with van der Waals surface area (Å²) in [6.45, 7) is -3.36. The highest BCUT2D eigenvalue weighted by Crippen LogP contribution is 2.28. The molecule has 0 saturated heterocycles. The predicted molar refractivity (Wildman–Crippen MR) is 85.4 cm³/mol. The van der Waals surface area contributed by atoms with Crippen LogP contribution in [0.2, 0.25) is 5.02 Å². The van der Waals surface area contributed by atoms with Gasteiger partial charge in [0.15, 0.2) is 0 Å². The second kappa shape index (κ2) is 8.39. The molecule has 0 bridgehead atoms. The van der Waals surface area contributed by atoms with Crippen LogP contribution in [0.4, 0.5) is 18.9 Å². The molecule has 5 nitrogen and oxygen atoms in total. The number of hydrogen-bond acceptors (Lipinski definition) is 3. The highest BCUT2D eigenvalue weighted by molar-refractivity contribution is 6.32. The zero-order valence-electron chi connectivity index (χ0n) is 12.6. The number of alkyl halides is 2. The zero-order valence-corrected chi connectivity index (χ0v) is 13.3. The molecule has 2 rings (SSSR count). The molecule has 0 aliphatic carbocycles. The van der Waals surface area contributed by atoms with Crippen molar-refractivity contribution in [3.63, 3.8) is 0 Å². The van der Waals surface area contributed by atoms with Crippen molar-refractivity contribution in [1.29, 1.82) is 0 Å². The molecule has 0 heterocycles. The van der Waals surface area contributed by atoms with Crippen molar-refractivity contribution in [2.24, 2.45) is 0 Å². The number of halogens is 4. The van der Waals surface area contributed by atoms with Crippen molar-refractivity contribution in [3.05, 3.63) is 58.9 Å². The second-order valence-corrected chi connectivity index (χ2v) is 5.17. The molecule has 132 valence electrons. The first-order valence-electron chi connectivity index (χ1n) is 6.93. The molecule has 0 spiro atoms. The van der Waals surface area contributed by atoms with Crippen LogP contribution in [-0.4, -0.2) is 25.0 Å². The fourth-order valence-electron chi connectivity index (χ4n) is 1.84. The first-order chi connectivity index (χ1) is 11.8. The van der Waals surface area contributed by atoms with Crippen LogP contribution >= 0.6 is 11.6 Å². The van der Waals surface area contributed by atoms with Crippen molar-refractivity contribution in [2.45, 2.75) is 6.61 Å². The van der Waals surface area contributed by atoms with E-state index >= 15 is 0 Å². The number of nitrogens with one attached hydrogen (secondary N) is 2. The molecule has 2 N–H and O–H groups in total. The summed E-state index contributed by atoms with van der Waals surface area (Å²) >= 11 is 5.77. The average Bonchev–Trinajstić information content (AvgIpc) is 2.55. The number of anilines is 1. The Morgan fingerprint density at radius 2 is 1.80 bits per heavy atom. The Morgan fingerprint density at radius 3 is 2.40 bits per heavy atom. The van der Waals surface area contributed by atoms with Gasteiger partial charge in [-0.05, 0) is 42.5 Å². The first-order valence-corrected chi connectivity index (χ1v) is 7.31. The lowest BCUT2D eigenvalue weighted by molar-refractivity contribution is -0.115. The van der Waals surface area contributed by atoms with Gasteiger partial charge in [-0.25, -0.2) is 4.39 Å². The van der Waals surface area contributed by atoms with E-state index in [4.69, 9.17) is 11.6 Å². The zero-order chi connectivity index (χ0) is 18.4. The van der Waals surface area contributed by atoms with Crippen LogP contribution in [0.25, 0.3) is 0 Å². The van der Waals surface area contributed by atoms with E-state index in [0.717, 1.165) is 12.1 Å². The third-order valence-corrected chi connectivity index (χ3v) is 3.24. The monoisotopic (exact) mass is 372 g/mol. The maximum atomic E-state index is 12.8. The molecule has 0 saturated carbocycles. The largest absolute Gasteiger partial charge is 0.433 e. The lowest BCUT2D eigenvalue weighted by Gasteiger charge is -2.10. The van der Waals surface area contributed by atoms with Gasteiger partial charge >= 0.3 is 6.61 Å². The number of carbonyl (C=O) groups is 2. The van der Waals surface area contributed by atoms with Gasteiger partial charge in [0.05, 0.1) is 11.6 Å². The molecular weight excluding hydrogens is 361 g/mol. The summed E-state index contributed by atoms with van der Waals surface area (Å²) in [4.78, 5) is 23.6. The molecule has 0 unspecified atom stereocenters. The quantitative estimate of drug-likeness (QED) is 0.816. The molecule has 9 heteroatoms. The third-order valence-electron chi connectivity index (χ3n) is 2.95. The number of hydrogen-bond donors (Lipinski definition) is 2.